The van der Waals surface area contributed by atoms with E-state index in [4.69, 9.17) is 5.11 Å². The molecule has 0 saturated carbocycles. The zero-order chi connectivity index (χ0) is 19.5. The molecule has 0 spiro atoms. The second-order valence-corrected chi connectivity index (χ2v) is 6.78. The first kappa shape index (κ1) is 17.1. The summed E-state index contributed by atoms with van der Waals surface area (Å²) < 4.78 is 3.71. The van der Waals surface area contributed by atoms with Crippen molar-refractivity contribution in [1.29, 1.82) is 0 Å². The lowest BCUT2D eigenvalue weighted by atomic mass is 10.1. The molecule has 1 aliphatic rings. The SMILES string of the molecule is Cc1ccc(N2CCn3c2nc2c3c(=O)n(CC(=O)O)c(=O)n2C)cc1C. The average molecular weight is 369 g/mol. The Bertz CT molecular complexity index is 1220. The number of carboxylic acid groups (broad SMARTS) is 1. The van der Waals surface area contributed by atoms with Crippen LogP contribution >= 0.6 is 0 Å². The Morgan fingerprint density at radius 2 is 1.93 bits per heavy atom. The summed E-state index contributed by atoms with van der Waals surface area (Å²) in [6, 6.07) is 6.09. The van der Waals surface area contributed by atoms with Gasteiger partial charge < -0.3 is 14.6 Å². The Kier molecular flexibility index (Phi) is 3.69. The molecule has 1 aromatic carbocycles. The van der Waals surface area contributed by atoms with Crippen molar-refractivity contribution in [3.05, 3.63) is 50.2 Å². The number of fused-ring (bicyclic) bond motifs is 3. The fraction of sp³-hybridized carbons (Fsp3) is 0.333. The number of rotatable bonds is 3. The third-order valence-electron chi connectivity index (χ3n) is 5.10. The molecular formula is C18H19N5O4. The second-order valence-electron chi connectivity index (χ2n) is 6.78. The number of nitrogens with zero attached hydrogens (tertiary/aromatic N) is 5. The number of hydrogen-bond acceptors (Lipinski definition) is 5. The van der Waals surface area contributed by atoms with Crippen LogP contribution in [0.5, 0.6) is 0 Å². The van der Waals surface area contributed by atoms with E-state index in [1.54, 1.807) is 4.57 Å². The van der Waals surface area contributed by atoms with Crippen LogP contribution in [0.3, 0.4) is 0 Å². The van der Waals surface area contributed by atoms with E-state index in [1.165, 1.54) is 17.2 Å². The lowest BCUT2D eigenvalue weighted by Crippen LogP contribution is -2.41. The fourth-order valence-electron chi connectivity index (χ4n) is 3.49. The highest BCUT2D eigenvalue weighted by Gasteiger charge is 2.29. The molecule has 1 N–H and O–H groups in total. The van der Waals surface area contributed by atoms with Gasteiger partial charge in [0.1, 0.15) is 6.54 Å². The number of carboxylic acids is 1. The first-order valence-electron chi connectivity index (χ1n) is 8.56. The highest BCUT2D eigenvalue weighted by molar-refractivity contribution is 5.78. The zero-order valence-electron chi connectivity index (χ0n) is 15.3. The Morgan fingerprint density at radius 3 is 2.59 bits per heavy atom. The molecule has 0 amide bonds. The van der Waals surface area contributed by atoms with Crippen LogP contribution in [-0.4, -0.2) is 36.3 Å². The van der Waals surface area contributed by atoms with Crippen molar-refractivity contribution in [2.24, 2.45) is 7.05 Å². The fourth-order valence-corrected chi connectivity index (χ4v) is 3.49. The summed E-state index contributed by atoms with van der Waals surface area (Å²) >= 11 is 0. The standard InChI is InChI=1S/C18H19N5O4/c1-10-4-5-12(8-11(10)2)21-6-7-22-14-15(19-17(21)22)20(3)18(27)23(16(14)26)9-13(24)25/h4-5,8H,6-7,9H2,1-3H3,(H,24,25). The third kappa shape index (κ3) is 2.46. The molecule has 0 radical (unpaired) electrons. The molecule has 1 aliphatic heterocycles. The monoisotopic (exact) mass is 369 g/mol. The quantitative estimate of drug-likeness (QED) is 0.731. The lowest BCUT2D eigenvalue weighted by Gasteiger charge is -2.17. The van der Waals surface area contributed by atoms with Gasteiger partial charge in [0.15, 0.2) is 11.2 Å². The Morgan fingerprint density at radius 1 is 1.19 bits per heavy atom. The minimum Gasteiger partial charge on any atom is -0.480 e. The highest BCUT2D eigenvalue weighted by atomic mass is 16.4. The minimum absolute atomic E-state index is 0.250. The molecule has 0 saturated heterocycles. The maximum atomic E-state index is 12.8. The van der Waals surface area contributed by atoms with Crippen LogP contribution in [0.1, 0.15) is 11.1 Å². The summed E-state index contributed by atoms with van der Waals surface area (Å²) in [6.07, 6.45) is 0. The van der Waals surface area contributed by atoms with Crippen molar-refractivity contribution in [2.75, 3.05) is 11.4 Å². The van der Waals surface area contributed by atoms with Gasteiger partial charge in [0, 0.05) is 25.8 Å². The van der Waals surface area contributed by atoms with Crippen molar-refractivity contribution in [1.82, 2.24) is 18.7 Å². The van der Waals surface area contributed by atoms with Gasteiger partial charge in [-0.3, -0.25) is 14.2 Å². The zero-order valence-corrected chi connectivity index (χ0v) is 15.3. The van der Waals surface area contributed by atoms with Crippen LogP contribution < -0.4 is 16.1 Å². The number of hydrogen-bond donors (Lipinski definition) is 1. The van der Waals surface area contributed by atoms with E-state index in [9.17, 15) is 14.4 Å². The Hall–Kier alpha value is -3.36. The van der Waals surface area contributed by atoms with Gasteiger partial charge in [-0.2, -0.15) is 4.98 Å². The average Bonchev–Trinajstić information content (AvgIpc) is 3.18. The number of aromatic nitrogens is 4. The summed E-state index contributed by atoms with van der Waals surface area (Å²) in [5.41, 5.74) is 2.49. The van der Waals surface area contributed by atoms with Gasteiger partial charge in [-0.1, -0.05) is 6.07 Å². The summed E-state index contributed by atoms with van der Waals surface area (Å²) in [4.78, 5) is 42.8. The molecule has 27 heavy (non-hydrogen) atoms. The molecule has 3 aromatic rings. The van der Waals surface area contributed by atoms with Crippen molar-refractivity contribution < 1.29 is 9.90 Å². The summed E-state index contributed by atoms with van der Waals surface area (Å²) in [5.74, 6) is -0.667. The molecule has 0 aliphatic carbocycles. The van der Waals surface area contributed by atoms with E-state index < -0.39 is 23.8 Å². The van der Waals surface area contributed by atoms with E-state index in [0.717, 1.165) is 15.8 Å². The third-order valence-corrected chi connectivity index (χ3v) is 5.10. The first-order chi connectivity index (χ1) is 12.8. The van der Waals surface area contributed by atoms with Gasteiger partial charge in [-0.15, -0.1) is 0 Å². The van der Waals surface area contributed by atoms with Gasteiger partial charge in [0.05, 0.1) is 0 Å². The van der Waals surface area contributed by atoms with Gasteiger partial charge in [-0.25, -0.2) is 9.36 Å². The minimum atomic E-state index is -1.24. The normalized spacial score (nSPS) is 13.4. The molecular weight excluding hydrogens is 350 g/mol. The highest BCUT2D eigenvalue weighted by Crippen LogP contribution is 2.32. The molecule has 0 fully saturated rings. The van der Waals surface area contributed by atoms with E-state index in [2.05, 4.69) is 11.1 Å². The van der Waals surface area contributed by atoms with Crippen LogP contribution in [0.4, 0.5) is 11.6 Å². The molecule has 9 nitrogen and oxygen atoms in total. The van der Waals surface area contributed by atoms with Crippen LogP contribution in [0.2, 0.25) is 0 Å². The summed E-state index contributed by atoms with van der Waals surface area (Å²) in [5, 5.41) is 9.02. The predicted octanol–water partition coefficient (Wildman–Crippen LogP) is 0.750. The van der Waals surface area contributed by atoms with E-state index in [-0.39, 0.29) is 11.2 Å². The van der Waals surface area contributed by atoms with Crippen molar-refractivity contribution in [3.8, 4) is 0 Å². The smallest absolute Gasteiger partial charge is 0.333 e. The predicted molar refractivity (Wildman–Crippen MR) is 99.8 cm³/mol. The van der Waals surface area contributed by atoms with Crippen LogP contribution in [-0.2, 0) is 24.9 Å². The molecule has 0 atom stereocenters. The van der Waals surface area contributed by atoms with E-state index in [1.807, 2.05) is 30.9 Å². The lowest BCUT2D eigenvalue weighted by molar-refractivity contribution is -0.137. The van der Waals surface area contributed by atoms with Crippen molar-refractivity contribution in [2.45, 2.75) is 26.9 Å². The van der Waals surface area contributed by atoms with E-state index in [0.29, 0.717) is 19.0 Å². The molecule has 4 rings (SSSR count). The molecule has 0 unspecified atom stereocenters. The van der Waals surface area contributed by atoms with Gasteiger partial charge in [0.2, 0.25) is 5.95 Å². The van der Waals surface area contributed by atoms with E-state index >= 15 is 0 Å². The molecule has 9 heteroatoms. The number of aliphatic carboxylic acids is 1. The summed E-state index contributed by atoms with van der Waals surface area (Å²) in [7, 11) is 1.49. The largest absolute Gasteiger partial charge is 0.480 e. The Labute approximate surface area is 153 Å². The van der Waals surface area contributed by atoms with Gasteiger partial charge in [0.25, 0.3) is 5.56 Å². The molecule has 0 bridgehead atoms. The number of anilines is 2. The van der Waals surface area contributed by atoms with Crippen molar-refractivity contribution in [3.63, 3.8) is 0 Å². The maximum absolute atomic E-state index is 12.8. The summed E-state index contributed by atoms with van der Waals surface area (Å²) in [6.45, 7) is 4.56. The van der Waals surface area contributed by atoms with Crippen LogP contribution in [0.15, 0.2) is 27.8 Å². The Balaban J connectivity index is 1.95. The van der Waals surface area contributed by atoms with Gasteiger partial charge >= 0.3 is 11.7 Å². The number of benzene rings is 1. The second kappa shape index (κ2) is 5.83. The molecule has 2 aromatic heterocycles. The first-order valence-corrected chi connectivity index (χ1v) is 8.56. The molecule has 140 valence electrons. The number of aryl methyl sites for hydroxylation is 3. The van der Waals surface area contributed by atoms with Crippen molar-refractivity contribution >= 4 is 28.8 Å². The molecule has 3 heterocycles. The maximum Gasteiger partial charge on any atom is 0.333 e. The van der Waals surface area contributed by atoms with Crippen LogP contribution in [0.25, 0.3) is 11.2 Å². The topological polar surface area (TPSA) is 102 Å². The van der Waals surface area contributed by atoms with Gasteiger partial charge in [-0.05, 0) is 37.1 Å². The number of imidazole rings is 1. The number of carbonyl (C=O) groups is 1. The van der Waals surface area contributed by atoms with Crippen LogP contribution in [0, 0.1) is 13.8 Å².